The van der Waals surface area contributed by atoms with E-state index in [1.807, 2.05) is 24.6 Å². The number of hydrogen-bond donors (Lipinski definition) is 1. The van der Waals surface area contributed by atoms with Gasteiger partial charge in [-0.2, -0.15) is 0 Å². The van der Waals surface area contributed by atoms with Crippen molar-refractivity contribution < 1.29 is 9.90 Å². The number of Topliss-reactive ketones (excluding diaryl/α,β-unsaturated/α-hetero) is 1. The normalized spacial score (nSPS) is 48.0. The first-order valence-electron chi connectivity index (χ1n) is 12.4. The lowest BCUT2D eigenvalue weighted by atomic mass is 9.44. The fourth-order valence-corrected chi connectivity index (χ4v) is 8.79. The number of ketones is 1. The Balaban J connectivity index is 1.35. The lowest BCUT2D eigenvalue weighted by Gasteiger charge is -2.61. The largest absolute Gasteiger partial charge is 0.390 e. The first-order chi connectivity index (χ1) is 14.1. The molecule has 4 saturated carbocycles. The van der Waals surface area contributed by atoms with Crippen molar-refractivity contribution in [1.82, 2.24) is 9.55 Å². The summed E-state index contributed by atoms with van der Waals surface area (Å²) in [6.07, 6.45) is 14.1. The van der Waals surface area contributed by atoms with Crippen LogP contribution in [0.2, 0.25) is 0 Å². The molecule has 0 amide bonds. The van der Waals surface area contributed by atoms with Crippen molar-refractivity contribution >= 4 is 5.78 Å². The monoisotopic (exact) mass is 412 g/mol. The molecule has 0 saturated heterocycles. The van der Waals surface area contributed by atoms with Crippen LogP contribution in [-0.4, -0.2) is 26.0 Å². The van der Waals surface area contributed by atoms with Crippen LogP contribution < -0.4 is 0 Å². The zero-order chi connectivity index (χ0) is 21.3. The lowest BCUT2D eigenvalue weighted by Crippen LogP contribution is -2.55. The molecule has 0 aliphatic heterocycles. The van der Waals surface area contributed by atoms with Crippen molar-refractivity contribution in [3.8, 4) is 0 Å². The van der Waals surface area contributed by atoms with E-state index in [1.165, 1.54) is 38.5 Å². The number of fused-ring (bicyclic) bond motifs is 5. The van der Waals surface area contributed by atoms with Crippen LogP contribution in [0.15, 0.2) is 12.5 Å². The molecule has 4 nitrogen and oxygen atoms in total. The second-order valence-electron chi connectivity index (χ2n) is 12.2. The highest BCUT2D eigenvalue weighted by Crippen LogP contribution is 2.68. The summed E-state index contributed by atoms with van der Waals surface area (Å²) in [5, 5.41) is 10.7. The number of nitrogens with zero attached hydrogens (tertiary/aromatic N) is 2. The molecule has 1 aromatic rings. The highest BCUT2D eigenvalue weighted by molar-refractivity contribution is 5.82. The average Bonchev–Trinajstić information content (AvgIpc) is 3.24. The Kier molecular flexibility index (Phi) is 4.78. The van der Waals surface area contributed by atoms with Gasteiger partial charge < -0.3 is 9.67 Å². The molecule has 4 heteroatoms. The van der Waals surface area contributed by atoms with Gasteiger partial charge in [-0.15, -0.1) is 0 Å². The second-order valence-corrected chi connectivity index (χ2v) is 12.2. The summed E-state index contributed by atoms with van der Waals surface area (Å²) in [7, 11) is 0. The molecule has 0 radical (unpaired) electrons. The predicted molar refractivity (Wildman–Crippen MR) is 118 cm³/mol. The average molecular weight is 413 g/mol. The van der Waals surface area contributed by atoms with E-state index in [2.05, 4.69) is 18.8 Å². The van der Waals surface area contributed by atoms with Crippen LogP contribution in [0.25, 0.3) is 0 Å². The fourth-order valence-electron chi connectivity index (χ4n) is 8.79. The van der Waals surface area contributed by atoms with Gasteiger partial charge >= 0.3 is 0 Å². The smallest absolute Gasteiger partial charge is 0.156 e. The van der Waals surface area contributed by atoms with E-state index in [9.17, 15) is 9.90 Å². The molecule has 0 unspecified atom stereocenters. The van der Waals surface area contributed by atoms with Crippen molar-refractivity contribution in [2.45, 2.75) is 97.6 Å². The molecule has 0 spiro atoms. The summed E-state index contributed by atoms with van der Waals surface area (Å²) < 4.78 is 2.02. The SMILES string of the molecule is Cc1cncn1CC(=O)[C@H]1CC[C@H]2[C@@H]3CC[C@H]4C[C@](C)(O)CC[C@]4(C)[C@H]3CC[C@]12C. The maximum Gasteiger partial charge on any atom is 0.156 e. The molecule has 8 atom stereocenters. The number of aliphatic hydroxyl groups is 1. The third kappa shape index (κ3) is 3.04. The summed E-state index contributed by atoms with van der Waals surface area (Å²) >= 11 is 0. The molecule has 1 heterocycles. The molecule has 4 aliphatic carbocycles. The maximum absolute atomic E-state index is 13.4. The molecule has 4 aliphatic rings. The second kappa shape index (κ2) is 6.92. The van der Waals surface area contributed by atoms with Crippen LogP contribution in [0.4, 0.5) is 0 Å². The Morgan fingerprint density at radius 3 is 2.57 bits per heavy atom. The summed E-state index contributed by atoms with van der Waals surface area (Å²) in [6, 6.07) is 0. The maximum atomic E-state index is 13.4. The lowest BCUT2D eigenvalue weighted by molar-refractivity contribution is -0.151. The van der Waals surface area contributed by atoms with Crippen molar-refractivity contribution in [2.75, 3.05) is 0 Å². The van der Waals surface area contributed by atoms with Gasteiger partial charge in [-0.3, -0.25) is 4.79 Å². The first-order valence-corrected chi connectivity index (χ1v) is 12.4. The molecule has 0 aromatic carbocycles. The quantitative estimate of drug-likeness (QED) is 0.745. The Morgan fingerprint density at radius 1 is 1.07 bits per heavy atom. The van der Waals surface area contributed by atoms with E-state index in [-0.39, 0.29) is 11.3 Å². The van der Waals surface area contributed by atoms with Gasteiger partial charge in [0.05, 0.1) is 18.5 Å². The number of carbonyl (C=O) groups excluding carboxylic acids is 1. The van der Waals surface area contributed by atoms with E-state index < -0.39 is 5.60 Å². The topological polar surface area (TPSA) is 55.1 Å². The highest BCUT2D eigenvalue weighted by Gasteiger charge is 2.61. The first kappa shape index (κ1) is 20.7. The van der Waals surface area contributed by atoms with Gasteiger partial charge in [0.25, 0.3) is 0 Å². The van der Waals surface area contributed by atoms with Gasteiger partial charge in [-0.05, 0) is 106 Å². The van der Waals surface area contributed by atoms with E-state index >= 15 is 0 Å². The van der Waals surface area contributed by atoms with Crippen molar-refractivity contribution in [1.29, 1.82) is 0 Å². The Bertz CT molecular complexity index is 829. The summed E-state index contributed by atoms with van der Waals surface area (Å²) in [5.41, 5.74) is 1.18. The molecule has 5 rings (SSSR count). The van der Waals surface area contributed by atoms with Crippen LogP contribution >= 0.6 is 0 Å². The molecule has 1 N–H and O–H groups in total. The molecular weight excluding hydrogens is 372 g/mol. The van der Waals surface area contributed by atoms with Crippen LogP contribution in [0.3, 0.4) is 0 Å². The van der Waals surface area contributed by atoms with Crippen LogP contribution in [-0.2, 0) is 11.3 Å². The van der Waals surface area contributed by atoms with Gasteiger partial charge in [-0.1, -0.05) is 13.8 Å². The minimum absolute atomic E-state index is 0.177. The molecule has 4 fully saturated rings. The Labute approximate surface area is 181 Å². The summed E-state index contributed by atoms with van der Waals surface area (Å²) in [4.78, 5) is 17.6. The molecule has 0 bridgehead atoms. The van der Waals surface area contributed by atoms with E-state index in [1.54, 1.807) is 6.33 Å². The third-order valence-electron chi connectivity index (χ3n) is 10.6. The van der Waals surface area contributed by atoms with Gasteiger partial charge in [0.2, 0.25) is 0 Å². The number of aromatic nitrogens is 2. The van der Waals surface area contributed by atoms with E-state index in [0.29, 0.717) is 29.6 Å². The van der Waals surface area contributed by atoms with Gasteiger partial charge in [-0.25, -0.2) is 4.98 Å². The van der Waals surface area contributed by atoms with Gasteiger partial charge in [0.1, 0.15) is 0 Å². The Hall–Kier alpha value is -1.16. The zero-order valence-electron chi connectivity index (χ0n) is 19.4. The highest BCUT2D eigenvalue weighted by atomic mass is 16.3. The molecule has 1 aromatic heterocycles. The predicted octanol–water partition coefficient (Wildman–Crippen LogP) is 5.17. The zero-order valence-corrected chi connectivity index (χ0v) is 19.4. The fraction of sp³-hybridized carbons (Fsp3) is 0.846. The van der Waals surface area contributed by atoms with Crippen molar-refractivity contribution in [2.24, 2.45) is 40.4 Å². The minimum Gasteiger partial charge on any atom is -0.390 e. The Morgan fingerprint density at radius 2 is 1.83 bits per heavy atom. The van der Waals surface area contributed by atoms with E-state index in [4.69, 9.17) is 0 Å². The molecule has 30 heavy (non-hydrogen) atoms. The number of rotatable bonds is 3. The van der Waals surface area contributed by atoms with Gasteiger partial charge in [0, 0.05) is 17.8 Å². The standard InChI is InChI=1S/C26H40N2O2/c1-17-14-27-16-28(17)15-23(29)22-8-7-20-19-6-5-18-13-24(2,30)11-12-25(18,3)21(19)9-10-26(20,22)4/h14,16,18-22,30H,5-13,15H2,1-4H3/t18-,19-,20-,21-,22+,24+,25-,26-/m0/s1. The van der Waals surface area contributed by atoms with Gasteiger partial charge in [0.15, 0.2) is 5.78 Å². The number of imidazole rings is 1. The van der Waals surface area contributed by atoms with Crippen molar-refractivity contribution in [3.63, 3.8) is 0 Å². The molecule has 166 valence electrons. The molecular formula is C26H40N2O2. The minimum atomic E-state index is -0.462. The summed E-state index contributed by atoms with van der Waals surface area (Å²) in [6.45, 7) is 9.56. The van der Waals surface area contributed by atoms with E-state index in [0.717, 1.165) is 36.8 Å². The van der Waals surface area contributed by atoms with Crippen LogP contribution in [0.5, 0.6) is 0 Å². The third-order valence-corrected chi connectivity index (χ3v) is 10.6. The van der Waals surface area contributed by atoms with Crippen molar-refractivity contribution in [3.05, 3.63) is 18.2 Å². The summed E-state index contributed by atoms with van der Waals surface area (Å²) in [5.74, 6) is 3.58. The number of hydrogen-bond acceptors (Lipinski definition) is 3. The van der Waals surface area contributed by atoms with Crippen LogP contribution in [0.1, 0.15) is 84.3 Å². The number of aryl methyl sites for hydroxylation is 1. The number of carbonyl (C=O) groups is 1. The van der Waals surface area contributed by atoms with Crippen LogP contribution in [0, 0.1) is 47.3 Å².